The third-order valence-corrected chi connectivity index (χ3v) is 29.6. The fourth-order valence-electron chi connectivity index (χ4n) is 6.29. The number of rotatable bonds is 6. The Labute approximate surface area is 246 Å². The van der Waals surface area contributed by atoms with Crippen molar-refractivity contribution in [3.05, 3.63) is 83.9 Å². The molecule has 0 saturated heterocycles. The van der Waals surface area contributed by atoms with Crippen molar-refractivity contribution in [3.8, 4) is 21.3 Å². The molecule has 0 radical (unpaired) electrons. The van der Waals surface area contributed by atoms with Gasteiger partial charge in [0.1, 0.15) is 0 Å². The van der Waals surface area contributed by atoms with Crippen molar-refractivity contribution in [3.63, 3.8) is 0 Å². The molecule has 202 valence electrons. The molecule has 0 fully saturated rings. The molecule has 0 nitrogen and oxygen atoms in total. The summed E-state index contributed by atoms with van der Waals surface area (Å²) in [4.78, 5) is 0. The monoisotopic (exact) mass is 646 g/mol. The van der Waals surface area contributed by atoms with Crippen LogP contribution in [0.15, 0.2) is 72.8 Å². The second-order valence-electron chi connectivity index (χ2n) is 11.4. The molecule has 0 aliphatic heterocycles. The van der Waals surface area contributed by atoms with Crippen molar-refractivity contribution in [1.82, 2.24) is 0 Å². The fourth-order valence-corrected chi connectivity index (χ4v) is 16.4. The molecule has 0 bridgehead atoms. The van der Waals surface area contributed by atoms with Crippen LogP contribution in [-0.2, 0) is 0 Å². The Morgan fingerprint density at radius 1 is 0.425 bits per heavy atom. The maximum absolute atomic E-state index is 3.99. The zero-order valence-corrected chi connectivity index (χ0v) is 29.4. The van der Waals surface area contributed by atoms with Crippen LogP contribution in [0.25, 0.3) is 43.1 Å². The summed E-state index contributed by atoms with van der Waals surface area (Å²) in [6, 6.07) is 27.1. The van der Waals surface area contributed by atoms with E-state index >= 15 is 0 Å². The molecule has 2 heteroatoms. The van der Waals surface area contributed by atoms with E-state index in [1.165, 1.54) is 85.7 Å². The van der Waals surface area contributed by atoms with Crippen LogP contribution in [-0.4, -0.2) is 26.5 Å². The second kappa shape index (κ2) is 12.1. The van der Waals surface area contributed by atoms with Crippen LogP contribution in [0.4, 0.5) is 0 Å². The first kappa shape index (κ1) is 28.9. The molecule has 0 N–H and O–H groups in total. The van der Waals surface area contributed by atoms with E-state index in [1.54, 1.807) is 0 Å². The average Bonchev–Trinajstić information content (AvgIpc) is 3.01. The second-order valence-corrected chi connectivity index (χ2v) is 32.1. The molecule has 0 aliphatic rings. The molecule has 0 spiro atoms. The maximum atomic E-state index is 3.99. The van der Waals surface area contributed by atoms with E-state index in [4.69, 9.17) is 0 Å². The van der Waals surface area contributed by atoms with Gasteiger partial charge < -0.3 is 0 Å². The van der Waals surface area contributed by atoms with Crippen LogP contribution in [0.2, 0.25) is 31.5 Å². The molecular formula is C38H42Ge2. The van der Waals surface area contributed by atoms with Crippen molar-refractivity contribution in [2.45, 2.75) is 73.1 Å². The van der Waals surface area contributed by atoms with Crippen molar-refractivity contribution in [2.24, 2.45) is 0 Å². The number of hydrogen-bond acceptors (Lipinski definition) is 0. The van der Waals surface area contributed by atoms with Gasteiger partial charge in [-0.2, -0.15) is 0 Å². The van der Waals surface area contributed by atoms with Crippen molar-refractivity contribution in [1.29, 1.82) is 0 Å². The minimum absolute atomic E-state index is 1.20. The average molecular weight is 644 g/mol. The quantitative estimate of drug-likeness (QED) is 0.0981. The van der Waals surface area contributed by atoms with Crippen LogP contribution >= 0.6 is 0 Å². The first-order valence-corrected chi connectivity index (χ1v) is 26.3. The Bertz CT molecular complexity index is 1580. The van der Waals surface area contributed by atoms with Crippen molar-refractivity contribution in [2.75, 3.05) is 0 Å². The molecule has 0 aromatic heterocycles. The first-order valence-electron chi connectivity index (χ1n) is 15.3. The molecule has 5 rings (SSSR count). The zero-order chi connectivity index (χ0) is 28.3. The summed E-state index contributed by atoms with van der Waals surface area (Å²) in [5.74, 6) is 7.77. The number of benzene rings is 5. The normalized spacial score (nSPS) is 11.9. The summed E-state index contributed by atoms with van der Waals surface area (Å²) in [6.45, 7) is 14.2. The standard InChI is InChI=1S/C38H42Ge2/c1-7-39(8-2,9-3)23-21-33-35-25-29-17-13-15-19-31(29)27-37(35)34(22-24-40(10-4,11-5)12-6)38-28-32-20-16-14-18-30(32)26-36(33)38/h13-20,25-28H,7-12H2,1-6H3. The van der Waals surface area contributed by atoms with Gasteiger partial charge in [0.2, 0.25) is 0 Å². The van der Waals surface area contributed by atoms with Crippen LogP contribution in [0, 0.1) is 21.3 Å². The van der Waals surface area contributed by atoms with Gasteiger partial charge in [0, 0.05) is 0 Å². The molecule has 0 unspecified atom stereocenters. The molecular weight excluding hydrogens is 602 g/mol. The predicted molar refractivity (Wildman–Crippen MR) is 185 cm³/mol. The molecule has 0 amide bonds. The summed E-state index contributed by atoms with van der Waals surface area (Å²) in [5, 5.41) is 17.7. The molecule has 5 aromatic carbocycles. The summed E-state index contributed by atoms with van der Waals surface area (Å²) >= 11 is -4.44. The van der Waals surface area contributed by atoms with E-state index < -0.39 is 26.5 Å². The van der Waals surface area contributed by atoms with Gasteiger partial charge in [-0.1, -0.05) is 0 Å². The van der Waals surface area contributed by atoms with E-state index in [9.17, 15) is 0 Å². The third kappa shape index (κ3) is 5.22. The summed E-state index contributed by atoms with van der Waals surface area (Å²) in [7, 11) is 0. The van der Waals surface area contributed by atoms with Crippen molar-refractivity contribution >= 4 is 69.6 Å². The predicted octanol–water partition coefficient (Wildman–Crippen LogP) is 11.1. The van der Waals surface area contributed by atoms with Gasteiger partial charge in [0.15, 0.2) is 0 Å². The van der Waals surface area contributed by atoms with Gasteiger partial charge >= 0.3 is 248 Å². The summed E-state index contributed by atoms with van der Waals surface area (Å²) < 4.78 is 7.99. The van der Waals surface area contributed by atoms with Gasteiger partial charge in [-0.3, -0.25) is 0 Å². The Hall–Kier alpha value is -2.65. The van der Waals surface area contributed by atoms with Gasteiger partial charge in [-0.15, -0.1) is 0 Å². The Kier molecular flexibility index (Phi) is 8.71. The van der Waals surface area contributed by atoms with E-state index in [-0.39, 0.29) is 0 Å². The third-order valence-electron chi connectivity index (χ3n) is 9.82. The molecule has 0 aliphatic carbocycles. The topological polar surface area (TPSA) is 0 Å². The summed E-state index contributed by atoms with van der Waals surface area (Å²) in [6.07, 6.45) is 0. The molecule has 0 atom stereocenters. The van der Waals surface area contributed by atoms with E-state index in [1.807, 2.05) is 0 Å². The number of hydrogen-bond donors (Lipinski definition) is 0. The van der Waals surface area contributed by atoms with E-state index in [2.05, 4.69) is 136 Å². The van der Waals surface area contributed by atoms with Gasteiger partial charge in [-0.05, 0) is 0 Å². The fraction of sp³-hybridized carbons (Fsp3) is 0.316. The van der Waals surface area contributed by atoms with Gasteiger partial charge in [0.25, 0.3) is 0 Å². The Morgan fingerprint density at radius 3 is 0.900 bits per heavy atom. The van der Waals surface area contributed by atoms with Gasteiger partial charge in [-0.25, -0.2) is 0 Å². The van der Waals surface area contributed by atoms with E-state index in [0.29, 0.717) is 0 Å². The molecule has 0 heterocycles. The summed E-state index contributed by atoms with van der Waals surface area (Å²) in [5.41, 5.74) is 2.40. The van der Waals surface area contributed by atoms with Crippen LogP contribution < -0.4 is 0 Å². The minimum atomic E-state index is -2.22. The Balaban J connectivity index is 1.99. The Morgan fingerprint density at radius 2 is 0.675 bits per heavy atom. The van der Waals surface area contributed by atoms with Crippen LogP contribution in [0.3, 0.4) is 0 Å². The SMILES string of the molecule is C[CH2][Ge]([C]#Cc1c2cc3ccccc3cc2c(C#[C][Ge]([CH2]C)([CH2]C)[CH2]C)c2cc3ccccc3cc12)([CH2]C)[CH2]C. The zero-order valence-electron chi connectivity index (χ0n) is 25.2. The van der Waals surface area contributed by atoms with Crippen molar-refractivity contribution < 1.29 is 0 Å². The van der Waals surface area contributed by atoms with E-state index in [0.717, 1.165) is 0 Å². The van der Waals surface area contributed by atoms with Crippen LogP contribution in [0.1, 0.15) is 52.7 Å². The van der Waals surface area contributed by atoms with Gasteiger partial charge in [0.05, 0.1) is 0 Å². The first-order chi connectivity index (χ1) is 19.5. The van der Waals surface area contributed by atoms with Crippen LogP contribution in [0.5, 0.6) is 0 Å². The molecule has 40 heavy (non-hydrogen) atoms. The molecule has 0 saturated carbocycles. The molecule has 5 aromatic rings. The number of fused-ring (bicyclic) bond motifs is 4.